The van der Waals surface area contributed by atoms with Crippen LogP contribution in [0.1, 0.15) is 53.6 Å². The van der Waals surface area contributed by atoms with E-state index in [1.165, 1.54) is 0 Å². The lowest BCUT2D eigenvalue weighted by molar-refractivity contribution is 0.0696. The Morgan fingerprint density at radius 1 is 1.30 bits per heavy atom. The van der Waals surface area contributed by atoms with E-state index in [0.717, 1.165) is 12.0 Å². The van der Waals surface area contributed by atoms with Gasteiger partial charge in [-0.05, 0) is 31.4 Å². The number of aryl methyl sites for hydroxylation is 2. The van der Waals surface area contributed by atoms with Crippen molar-refractivity contribution in [3.05, 3.63) is 34.7 Å². The van der Waals surface area contributed by atoms with Crippen LogP contribution in [-0.4, -0.2) is 21.3 Å². The van der Waals surface area contributed by atoms with Crippen LogP contribution in [0.3, 0.4) is 0 Å². The van der Waals surface area contributed by atoms with E-state index in [-0.39, 0.29) is 17.4 Å². The molecular weight excluding hydrogens is 256 g/mol. The number of carbonyl (C=O) groups is 1. The minimum atomic E-state index is -0.982. The highest BCUT2D eigenvalue weighted by atomic mass is 16.4. The standard InChI is InChI=1S/C15H18N2O3/c1-5-8(2)13-16-17-14(20-13)11-9(3)6-7-10(4)12(11)15(18)19/h6-8H,5H2,1-4H3,(H,18,19). The van der Waals surface area contributed by atoms with Gasteiger partial charge in [0.1, 0.15) is 0 Å². The summed E-state index contributed by atoms with van der Waals surface area (Å²) >= 11 is 0. The second-order valence-corrected chi connectivity index (χ2v) is 5.01. The minimum absolute atomic E-state index is 0.162. The third kappa shape index (κ3) is 2.43. The largest absolute Gasteiger partial charge is 0.478 e. The van der Waals surface area contributed by atoms with E-state index < -0.39 is 5.97 Å². The van der Waals surface area contributed by atoms with Crippen LogP contribution in [-0.2, 0) is 0 Å². The topological polar surface area (TPSA) is 76.2 Å². The Hall–Kier alpha value is -2.17. The van der Waals surface area contributed by atoms with Crippen LogP contribution in [0, 0.1) is 13.8 Å². The van der Waals surface area contributed by atoms with Gasteiger partial charge in [-0.3, -0.25) is 0 Å². The van der Waals surface area contributed by atoms with Gasteiger partial charge in [0.2, 0.25) is 11.8 Å². The van der Waals surface area contributed by atoms with E-state index in [0.29, 0.717) is 17.0 Å². The van der Waals surface area contributed by atoms with Crippen LogP contribution in [0.2, 0.25) is 0 Å². The van der Waals surface area contributed by atoms with Crippen molar-refractivity contribution in [3.8, 4) is 11.5 Å². The average molecular weight is 274 g/mol. The number of carboxylic acids is 1. The first-order valence-corrected chi connectivity index (χ1v) is 6.63. The molecule has 5 nitrogen and oxygen atoms in total. The Morgan fingerprint density at radius 2 is 1.95 bits per heavy atom. The van der Waals surface area contributed by atoms with Crippen molar-refractivity contribution in [3.63, 3.8) is 0 Å². The molecule has 1 aromatic heterocycles. The van der Waals surface area contributed by atoms with Crippen molar-refractivity contribution in [2.24, 2.45) is 0 Å². The van der Waals surface area contributed by atoms with Gasteiger partial charge in [-0.15, -0.1) is 10.2 Å². The van der Waals surface area contributed by atoms with Gasteiger partial charge in [0.05, 0.1) is 11.1 Å². The highest BCUT2D eigenvalue weighted by Gasteiger charge is 2.22. The van der Waals surface area contributed by atoms with E-state index in [1.807, 2.05) is 26.8 Å². The number of hydrogen-bond donors (Lipinski definition) is 1. The summed E-state index contributed by atoms with van der Waals surface area (Å²) in [4.78, 5) is 11.5. The Kier molecular flexibility index (Phi) is 3.88. The molecule has 0 fully saturated rings. The second-order valence-electron chi connectivity index (χ2n) is 5.01. The molecule has 0 aliphatic rings. The van der Waals surface area contributed by atoms with Crippen molar-refractivity contribution in [1.29, 1.82) is 0 Å². The van der Waals surface area contributed by atoms with Gasteiger partial charge >= 0.3 is 5.97 Å². The number of carboxylic acid groups (broad SMARTS) is 1. The first-order chi connectivity index (χ1) is 9.45. The molecule has 1 unspecified atom stereocenters. The molecule has 0 spiro atoms. The molecule has 1 aromatic carbocycles. The molecule has 106 valence electrons. The van der Waals surface area contributed by atoms with E-state index >= 15 is 0 Å². The number of aromatic nitrogens is 2. The summed E-state index contributed by atoms with van der Waals surface area (Å²) < 4.78 is 5.66. The number of aromatic carboxylic acids is 1. The van der Waals surface area contributed by atoms with Crippen LogP contribution in [0.4, 0.5) is 0 Å². The summed E-state index contributed by atoms with van der Waals surface area (Å²) in [6, 6.07) is 3.65. The number of hydrogen-bond acceptors (Lipinski definition) is 4. The van der Waals surface area contributed by atoms with E-state index in [9.17, 15) is 9.90 Å². The van der Waals surface area contributed by atoms with E-state index in [1.54, 1.807) is 13.0 Å². The molecule has 0 bridgehead atoms. The summed E-state index contributed by atoms with van der Waals surface area (Å²) in [5, 5.41) is 17.4. The van der Waals surface area contributed by atoms with Crippen LogP contribution in [0.25, 0.3) is 11.5 Å². The zero-order valence-electron chi connectivity index (χ0n) is 12.1. The molecular formula is C15H18N2O3. The SMILES string of the molecule is CCC(C)c1nnc(-c2c(C)ccc(C)c2C(=O)O)o1. The lowest BCUT2D eigenvalue weighted by atomic mass is 9.97. The molecule has 2 aromatic rings. The van der Waals surface area contributed by atoms with Gasteiger partial charge in [-0.2, -0.15) is 0 Å². The number of benzene rings is 1. The summed E-state index contributed by atoms with van der Waals surface area (Å²) in [6.45, 7) is 7.64. The molecule has 2 rings (SSSR count). The predicted molar refractivity (Wildman–Crippen MR) is 74.9 cm³/mol. The number of nitrogens with zero attached hydrogens (tertiary/aromatic N) is 2. The third-order valence-electron chi connectivity index (χ3n) is 3.52. The average Bonchev–Trinajstić information content (AvgIpc) is 2.89. The Balaban J connectivity index is 2.60. The quantitative estimate of drug-likeness (QED) is 0.922. The predicted octanol–water partition coefficient (Wildman–Crippen LogP) is 3.57. The monoisotopic (exact) mass is 274 g/mol. The Labute approximate surface area is 117 Å². The highest BCUT2D eigenvalue weighted by Crippen LogP contribution is 2.30. The van der Waals surface area contributed by atoms with Gasteiger partial charge in [0.25, 0.3) is 0 Å². The fourth-order valence-corrected chi connectivity index (χ4v) is 2.07. The molecule has 1 heterocycles. The molecule has 0 aliphatic carbocycles. The van der Waals surface area contributed by atoms with Crippen molar-refractivity contribution >= 4 is 5.97 Å². The first-order valence-electron chi connectivity index (χ1n) is 6.63. The van der Waals surface area contributed by atoms with Gasteiger partial charge in [0.15, 0.2) is 0 Å². The van der Waals surface area contributed by atoms with Gasteiger partial charge in [-0.25, -0.2) is 4.79 Å². The van der Waals surface area contributed by atoms with Crippen molar-refractivity contribution in [1.82, 2.24) is 10.2 Å². The zero-order chi connectivity index (χ0) is 14.9. The maximum Gasteiger partial charge on any atom is 0.336 e. The number of rotatable bonds is 4. The maximum atomic E-state index is 11.5. The zero-order valence-corrected chi connectivity index (χ0v) is 12.1. The molecule has 0 amide bonds. The fraction of sp³-hybridized carbons (Fsp3) is 0.400. The van der Waals surface area contributed by atoms with Crippen LogP contribution in [0.5, 0.6) is 0 Å². The molecule has 20 heavy (non-hydrogen) atoms. The first kappa shape index (κ1) is 14.2. The second kappa shape index (κ2) is 5.45. The highest BCUT2D eigenvalue weighted by molar-refractivity contribution is 5.97. The van der Waals surface area contributed by atoms with E-state index in [4.69, 9.17) is 4.42 Å². The molecule has 0 saturated heterocycles. The Bertz CT molecular complexity index is 647. The molecule has 1 N–H and O–H groups in total. The van der Waals surface area contributed by atoms with Gasteiger partial charge < -0.3 is 9.52 Å². The van der Waals surface area contributed by atoms with Gasteiger partial charge in [0, 0.05) is 5.92 Å². The molecule has 0 saturated carbocycles. The van der Waals surface area contributed by atoms with Crippen molar-refractivity contribution < 1.29 is 14.3 Å². The van der Waals surface area contributed by atoms with Crippen LogP contribution >= 0.6 is 0 Å². The summed E-state index contributed by atoms with van der Waals surface area (Å²) in [7, 11) is 0. The third-order valence-corrected chi connectivity index (χ3v) is 3.52. The summed E-state index contributed by atoms with van der Waals surface area (Å²) in [6.07, 6.45) is 0.889. The van der Waals surface area contributed by atoms with Crippen molar-refractivity contribution in [2.75, 3.05) is 0 Å². The Morgan fingerprint density at radius 3 is 2.55 bits per heavy atom. The lowest BCUT2D eigenvalue weighted by Crippen LogP contribution is -2.04. The minimum Gasteiger partial charge on any atom is -0.478 e. The lowest BCUT2D eigenvalue weighted by Gasteiger charge is -2.09. The fourth-order valence-electron chi connectivity index (χ4n) is 2.07. The molecule has 1 atom stereocenters. The van der Waals surface area contributed by atoms with Crippen LogP contribution < -0.4 is 0 Å². The van der Waals surface area contributed by atoms with Crippen molar-refractivity contribution in [2.45, 2.75) is 40.0 Å². The van der Waals surface area contributed by atoms with E-state index in [2.05, 4.69) is 10.2 Å². The smallest absolute Gasteiger partial charge is 0.336 e. The van der Waals surface area contributed by atoms with Gasteiger partial charge in [-0.1, -0.05) is 26.0 Å². The normalized spacial score (nSPS) is 12.4. The molecule has 0 radical (unpaired) electrons. The summed E-state index contributed by atoms with van der Waals surface area (Å²) in [5.74, 6) is -0.00206. The molecule has 0 aliphatic heterocycles. The van der Waals surface area contributed by atoms with Crippen LogP contribution in [0.15, 0.2) is 16.5 Å². The maximum absolute atomic E-state index is 11.5. The summed E-state index contributed by atoms with van der Waals surface area (Å²) in [5.41, 5.74) is 2.23. The molecule has 5 heteroatoms.